The number of carbonyl (C=O) groups excluding carboxylic acids is 1. The summed E-state index contributed by atoms with van der Waals surface area (Å²) in [5, 5.41) is 11.7. The van der Waals surface area contributed by atoms with Gasteiger partial charge in [-0.3, -0.25) is 24.8 Å². The zero-order valence-electron chi connectivity index (χ0n) is 21.1. The molecule has 5 rings (SSSR count). The van der Waals surface area contributed by atoms with Gasteiger partial charge in [0.2, 0.25) is 0 Å². The molecule has 0 atom stereocenters. The highest BCUT2D eigenvalue weighted by atomic mass is 32.2. The van der Waals surface area contributed by atoms with Crippen LogP contribution in [0, 0.1) is 24.0 Å². The first-order chi connectivity index (χ1) is 18.4. The fourth-order valence-corrected chi connectivity index (χ4v) is 5.44. The topological polar surface area (TPSA) is 80.7 Å². The molecule has 7 nitrogen and oxygen atoms in total. The smallest absolute Gasteiger partial charge is 0.269 e. The van der Waals surface area contributed by atoms with Crippen molar-refractivity contribution >= 4 is 34.6 Å². The molecule has 38 heavy (non-hydrogen) atoms. The van der Waals surface area contributed by atoms with E-state index < -0.39 is 4.92 Å². The van der Waals surface area contributed by atoms with Crippen LogP contribution in [0.3, 0.4) is 0 Å². The summed E-state index contributed by atoms with van der Waals surface area (Å²) >= 11 is 1.39. The first kappa shape index (κ1) is 25.2. The van der Waals surface area contributed by atoms with Crippen molar-refractivity contribution in [2.75, 3.05) is 0 Å². The number of rotatable bonds is 7. The third-order valence-electron chi connectivity index (χ3n) is 6.39. The number of thioether (sulfide) groups is 1. The van der Waals surface area contributed by atoms with E-state index in [1.807, 2.05) is 91.2 Å². The van der Waals surface area contributed by atoms with Crippen LogP contribution in [-0.2, 0) is 17.9 Å². The van der Waals surface area contributed by atoms with Gasteiger partial charge in [-0.2, -0.15) is 0 Å². The lowest BCUT2D eigenvalue weighted by Crippen LogP contribution is -2.28. The zero-order chi connectivity index (χ0) is 26.6. The molecule has 1 fully saturated rings. The molecule has 1 aromatic heterocycles. The fourth-order valence-electron chi connectivity index (χ4n) is 4.47. The van der Waals surface area contributed by atoms with Crippen LogP contribution in [-0.4, -0.2) is 25.5 Å². The van der Waals surface area contributed by atoms with Crippen molar-refractivity contribution in [1.29, 1.82) is 0 Å². The van der Waals surface area contributed by atoms with Crippen LogP contribution in [0.2, 0.25) is 0 Å². The number of hydrogen-bond acceptors (Lipinski definition) is 5. The molecule has 0 spiro atoms. The Balaban J connectivity index is 1.47. The van der Waals surface area contributed by atoms with Gasteiger partial charge in [-0.1, -0.05) is 60.7 Å². The lowest BCUT2D eigenvalue weighted by atomic mass is 10.2. The lowest BCUT2D eigenvalue weighted by molar-refractivity contribution is -0.384. The van der Waals surface area contributed by atoms with Crippen molar-refractivity contribution in [2.45, 2.75) is 26.9 Å². The number of nitrogens with zero attached hydrogens (tertiary/aromatic N) is 4. The van der Waals surface area contributed by atoms with Gasteiger partial charge in [0, 0.05) is 29.2 Å². The van der Waals surface area contributed by atoms with Gasteiger partial charge >= 0.3 is 0 Å². The number of aromatic nitrogens is 1. The van der Waals surface area contributed by atoms with Crippen molar-refractivity contribution in [3.8, 4) is 5.69 Å². The predicted molar refractivity (Wildman–Crippen MR) is 152 cm³/mol. The van der Waals surface area contributed by atoms with Crippen LogP contribution in [0.25, 0.3) is 11.8 Å². The van der Waals surface area contributed by atoms with E-state index in [1.54, 1.807) is 17.0 Å². The molecule has 0 radical (unpaired) electrons. The van der Waals surface area contributed by atoms with E-state index in [-0.39, 0.29) is 11.6 Å². The molecule has 1 saturated heterocycles. The van der Waals surface area contributed by atoms with E-state index >= 15 is 0 Å². The monoisotopic (exact) mass is 522 g/mol. The second kappa shape index (κ2) is 10.9. The number of hydrogen-bond donors (Lipinski definition) is 0. The largest absolute Gasteiger partial charge is 0.318 e. The van der Waals surface area contributed by atoms with Gasteiger partial charge in [-0.15, -0.1) is 0 Å². The minimum absolute atomic E-state index is 0.0485. The molecule has 2 heterocycles. The Bertz CT molecular complexity index is 1540. The predicted octanol–water partition coefficient (Wildman–Crippen LogP) is 6.68. The van der Waals surface area contributed by atoms with E-state index in [4.69, 9.17) is 4.99 Å². The van der Waals surface area contributed by atoms with Gasteiger partial charge in [0.25, 0.3) is 11.6 Å². The van der Waals surface area contributed by atoms with E-state index in [2.05, 4.69) is 0 Å². The van der Waals surface area contributed by atoms with Crippen molar-refractivity contribution < 1.29 is 9.72 Å². The molecule has 0 bridgehead atoms. The summed E-state index contributed by atoms with van der Waals surface area (Å²) in [6, 6.07) is 28.4. The van der Waals surface area contributed by atoms with Crippen LogP contribution in [0.1, 0.15) is 28.1 Å². The van der Waals surface area contributed by atoms with Crippen LogP contribution < -0.4 is 0 Å². The maximum Gasteiger partial charge on any atom is 0.269 e. The molecule has 1 amide bonds. The zero-order valence-corrected chi connectivity index (χ0v) is 21.9. The molecule has 1 aliphatic heterocycles. The first-order valence-corrected chi connectivity index (χ1v) is 13.0. The van der Waals surface area contributed by atoms with Gasteiger partial charge in [0.05, 0.1) is 22.9 Å². The van der Waals surface area contributed by atoms with Gasteiger partial charge < -0.3 is 4.57 Å². The summed E-state index contributed by atoms with van der Waals surface area (Å²) in [6.07, 6.45) is 1.92. The van der Waals surface area contributed by atoms with E-state index in [0.717, 1.165) is 33.8 Å². The Morgan fingerprint density at radius 1 is 0.921 bits per heavy atom. The Morgan fingerprint density at radius 2 is 1.55 bits per heavy atom. The number of carbonyl (C=O) groups is 1. The van der Waals surface area contributed by atoms with Crippen LogP contribution in [0.4, 0.5) is 5.69 Å². The van der Waals surface area contributed by atoms with Gasteiger partial charge in [0.1, 0.15) is 0 Å². The summed E-state index contributed by atoms with van der Waals surface area (Å²) in [4.78, 5) is 31.4. The number of nitro groups is 1. The minimum Gasteiger partial charge on any atom is -0.318 e. The number of aliphatic imine (C=N–C) groups is 1. The van der Waals surface area contributed by atoms with Crippen molar-refractivity contribution in [3.63, 3.8) is 0 Å². The summed E-state index contributed by atoms with van der Waals surface area (Å²) in [5.74, 6) is -0.0780. The molecule has 3 aromatic carbocycles. The molecule has 1 aliphatic rings. The lowest BCUT2D eigenvalue weighted by Gasteiger charge is -2.15. The SMILES string of the molecule is Cc1cc(/C=C2\SC(=NCc3ccccc3)N(Cc3ccccc3)C2=O)c(C)n1-c1ccc([N+](=O)[O-])cc1. The molecular weight excluding hydrogens is 496 g/mol. The molecule has 4 aromatic rings. The highest BCUT2D eigenvalue weighted by Crippen LogP contribution is 2.35. The second-order valence-corrected chi connectivity index (χ2v) is 10.0. The summed E-state index contributed by atoms with van der Waals surface area (Å²) in [6.45, 7) is 4.90. The number of amides is 1. The van der Waals surface area contributed by atoms with Crippen LogP contribution in [0.5, 0.6) is 0 Å². The van der Waals surface area contributed by atoms with Crippen molar-refractivity contribution in [2.24, 2.45) is 4.99 Å². The van der Waals surface area contributed by atoms with Crippen LogP contribution in [0.15, 0.2) is 101 Å². The molecule has 0 saturated carbocycles. The summed E-state index contributed by atoms with van der Waals surface area (Å²) in [7, 11) is 0. The number of amidine groups is 1. The van der Waals surface area contributed by atoms with Crippen molar-refractivity contribution in [1.82, 2.24) is 9.47 Å². The standard InChI is InChI=1S/C30H26N4O3S/c1-21-17-25(22(2)33(21)26-13-15-27(16-14-26)34(36)37)18-28-29(35)32(20-24-11-7-4-8-12-24)30(38-28)31-19-23-9-5-3-6-10-23/h3-18H,19-20H2,1-2H3/b28-18-,31-30?. The number of benzene rings is 3. The van der Waals surface area contributed by atoms with Crippen LogP contribution >= 0.6 is 11.8 Å². The molecule has 8 heteroatoms. The normalized spacial score (nSPS) is 15.5. The van der Waals surface area contributed by atoms with Gasteiger partial charge in [-0.05, 0) is 66.6 Å². The van der Waals surface area contributed by atoms with E-state index in [9.17, 15) is 14.9 Å². The molecule has 0 unspecified atom stereocenters. The molecule has 0 aliphatic carbocycles. The fraction of sp³-hybridized carbons (Fsp3) is 0.133. The average molecular weight is 523 g/mol. The van der Waals surface area contributed by atoms with Gasteiger partial charge in [0.15, 0.2) is 5.17 Å². The molecule has 190 valence electrons. The Morgan fingerprint density at radius 3 is 2.18 bits per heavy atom. The average Bonchev–Trinajstić information content (AvgIpc) is 3.38. The molecular formula is C30H26N4O3S. The minimum atomic E-state index is -0.407. The Kier molecular flexibility index (Phi) is 7.24. The number of aryl methyl sites for hydroxylation is 1. The third-order valence-corrected chi connectivity index (χ3v) is 7.43. The first-order valence-electron chi connectivity index (χ1n) is 12.2. The van der Waals surface area contributed by atoms with E-state index in [1.165, 1.54) is 23.9 Å². The van der Waals surface area contributed by atoms with Gasteiger partial charge in [-0.25, -0.2) is 0 Å². The Labute approximate surface area is 225 Å². The second-order valence-electron chi connectivity index (χ2n) is 9.01. The quantitative estimate of drug-likeness (QED) is 0.154. The third kappa shape index (κ3) is 5.31. The van der Waals surface area contributed by atoms with E-state index in [0.29, 0.717) is 23.2 Å². The molecule has 0 N–H and O–H groups in total. The number of non-ortho nitro benzene ring substituents is 1. The summed E-state index contributed by atoms with van der Waals surface area (Å²) in [5.41, 5.74) is 5.83. The highest BCUT2D eigenvalue weighted by molar-refractivity contribution is 8.18. The summed E-state index contributed by atoms with van der Waals surface area (Å²) < 4.78 is 2.03. The van der Waals surface area contributed by atoms with Crippen molar-refractivity contribution in [3.05, 3.63) is 134 Å². The highest BCUT2D eigenvalue weighted by Gasteiger charge is 2.33. The Hall–Kier alpha value is -4.43. The number of nitro benzene ring substituents is 1. The maximum atomic E-state index is 13.6. The maximum absolute atomic E-state index is 13.6.